The average Bonchev–Trinajstić information content (AvgIpc) is 2.27. The SMILES string of the molecule is Cc1cc(OCCOC(C)(C)C)c(C(C)C)cc1N. The highest BCUT2D eigenvalue weighted by Crippen LogP contribution is 2.30. The van der Waals surface area contributed by atoms with Crippen molar-refractivity contribution in [3.8, 4) is 5.75 Å². The van der Waals surface area contributed by atoms with E-state index < -0.39 is 0 Å². The Morgan fingerprint density at radius 3 is 2.32 bits per heavy atom. The van der Waals surface area contributed by atoms with Crippen LogP contribution in [-0.2, 0) is 4.74 Å². The summed E-state index contributed by atoms with van der Waals surface area (Å²) in [4.78, 5) is 0. The quantitative estimate of drug-likeness (QED) is 0.649. The molecular weight excluding hydrogens is 238 g/mol. The fourth-order valence-corrected chi connectivity index (χ4v) is 1.79. The summed E-state index contributed by atoms with van der Waals surface area (Å²) in [5.74, 6) is 1.31. The van der Waals surface area contributed by atoms with E-state index in [0.717, 1.165) is 22.6 Å². The Kier molecular flexibility index (Phi) is 5.24. The highest BCUT2D eigenvalue weighted by atomic mass is 16.5. The van der Waals surface area contributed by atoms with Gasteiger partial charge in [-0.1, -0.05) is 13.8 Å². The zero-order chi connectivity index (χ0) is 14.6. The average molecular weight is 265 g/mol. The van der Waals surface area contributed by atoms with Crippen molar-refractivity contribution in [3.05, 3.63) is 23.3 Å². The molecule has 0 aromatic heterocycles. The molecule has 3 nitrogen and oxygen atoms in total. The molecule has 0 radical (unpaired) electrons. The van der Waals surface area contributed by atoms with Gasteiger partial charge in [0.1, 0.15) is 12.4 Å². The van der Waals surface area contributed by atoms with Crippen LogP contribution in [0.15, 0.2) is 12.1 Å². The lowest BCUT2D eigenvalue weighted by molar-refractivity contribution is -0.0164. The van der Waals surface area contributed by atoms with E-state index in [1.165, 1.54) is 0 Å². The van der Waals surface area contributed by atoms with E-state index in [4.69, 9.17) is 15.2 Å². The third kappa shape index (κ3) is 5.11. The smallest absolute Gasteiger partial charge is 0.123 e. The highest BCUT2D eigenvalue weighted by Gasteiger charge is 2.12. The molecule has 2 N–H and O–H groups in total. The summed E-state index contributed by atoms with van der Waals surface area (Å²) in [5.41, 5.74) is 8.86. The van der Waals surface area contributed by atoms with Crippen LogP contribution in [0.4, 0.5) is 5.69 Å². The molecule has 0 aliphatic heterocycles. The van der Waals surface area contributed by atoms with E-state index in [1.807, 2.05) is 39.8 Å². The van der Waals surface area contributed by atoms with Crippen LogP contribution in [0.25, 0.3) is 0 Å². The van der Waals surface area contributed by atoms with E-state index >= 15 is 0 Å². The number of anilines is 1. The van der Waals surface area contributed by atoms with Gasteiger partial charge < -0.3 is 15.2 Å². The molecule has 0 spiro atoms. The predicted molar refractivity (Wildman–Crippen MR) is 80.9 cm³/mol. The van der Waals surface area contributed by atoms with Gasteiger partial charge in [0.05, 0.1) is 12.2 Å². The molecule has 0 heterocycles. The van der Waals surface area contributed by atoms with Gasteiger partial charge in [-0.05, 0) is 56.9 Å². The maximum atomic E-state index is 5.96. The molecular formula is C16H27NO2. The second-order valence-electron chi connectivity index (χ2n) is 6.21. The Hall–Kier alpha value is -1.22. The summed E-state index contributed by atoms with van der Waals surface area (Å²) in [6.07, 6.45) is 0. The Morgan fingerprint density at radius 2 is 1.79 bits per heavy atom. The monoisotopic (exact) mass is 265 g/mol. The number of nitrogens with two attached hydrogens (primary N) is 1. The predicted octanol–water partition coefficient (Wildman–Crippen LogP) is 3.89. The van der Waals surface area contributed by atoms with Gasteiger partial charge in [-0.2, -0.15) is 0 Å². The normalized spacial score (nSPS) is 11.9. The second-order valence-corrected chi connectivity index (χ2v) is 6.21. The number of ether oxygens (including phenoxy) is 2. The zero-order valence-electron chi connectivity index (χ0n) is 13.0. The van der Waals surface area contributed by atoms with Gasteiger partial charge in [-0.25, -0.2) is 0 Å². The van der Waals surface area contributed by atoms with Crippen LogP contribution in [0.2, 0.25) is 0 Å². The van der Waals surface area contributed by atoms with E-state index in [0.29, 0.717) is 19.1 Å². The molecule has 1 aromatic carbocycles. The van der Waals surface area contributed by atoms with Gasteiger partial charge in [0.2, 0.25) is 0 Å². The lowest BCUT2D eigenvalue weighted by Crippen LogP contribution is -2.22. The molecule has 108 valence electrons. The van der Waals surface area contributed by atoms with Crippen LogP contribution in [0.5, 0.6) is 5.75 Å². The van der Waals surface area contributed by atoms with E-state index in [1.54, 1.807) is 0 Å². The summed E-state index contributed by atoms with van der Waals surface area (Å²) in [6, 6.07) is 4.03. The van der Waals surface area contributed by atoms with Crippen molar-refractivity contribution in [2.45, 2.75) is 53.1 Å². The maximum Gasteiger partial charge on any atom is 0.123 e. The van der Waals surface area contributed by atoms with Gasteiger partial charge >= 0.3 is 0 Å². The lowest BCUT2D eigenvalue weighted by Gasteiger charge is -2.21. The first-order valence-corrected chi connectivity index (χ1v) is 6.87. The maximum absolute atomic E-state index is 5.96. The van der Waals surface area contributed by atoms with Crippen LogP contribution in [0, 0.1) is 6.92 Å². The van der Waals surface area contributed by atoms with Crippen LogP contribution in [-0.4, -0.2) is 18.8 Å². The molecule has 0 amide bonds. The first-order valence-electron chi connectivity index (χ1n) is 6.87. The van der Waals surface area contributed by atoms with Crippen molar-refractivity contribution in [1.82, 2.24) is 0 Å². The number of benzene rings is 1. The van der Waals surface area contributed by atoms with Crippen molar-refractivity contribution in [3.63, 3.8) is 0 Å². The third-order valence-electron chi connectivity index (χ3n) is 2.90. The van der Waals surface area contributed by atoms with E-state index in [-0.39, 0.29) is 5.60 Å². The third-order valence-corrected chi connectivity index (χ3v) is 2.90. The molecule has 0 saturated carbocycles. The molecule has 0 atom stereocenters. The van der Waals surface area contributed by atoms with E-state index in [9.17, 15) is 0 Å². The number of aryl methyl sites for hydroxylation is 1. The molecule has 0 aliphatic carbocycles. The van der Waals surface area contributed by atoms with Gasteiger partial charge in [0.15, 0.2) is 0 Å². The van der Waals surface area contributed by atoms with Crippen molar-refractivity contribution in [1.29, 1.82) is 0 Å². The minimum absolute atomic E-state index is 0.124. The molecule has 0 saturated heterocycles. The van der Waals surface area contributed by atoms with Crippen LogP contribution in [0.3, 0.4) is 0 Å². The molecule has 0 aliphatic rings. The Balaban J connectivity index is 2.69. The van der Waals surface area contributed by atoms with Gasteiger partial charge in [0, 0.05) is 5.69 Å². The molecule has 0 bridgehead atoms. The molecule has 0 unspecified atom stereocenters. The Morgan fingerprint density at radius 1 is 1.16 bits per heavy atom. The number of nitrogen functional groups attached to an aromatic ring is 1. The Bertz CT molecular complexity index is 419. The largest absolute Gasteiger partial charge is 0.491 e. The van der Waals surface area contributed by atoms with Crippen molar-refractivity contribution in [2.24, 2.45) is 0 Å². The van der Waals surface area contributed by atoms with Gasteiger partial charge in [0.25, 0.3) is 0 Å². The summed E-state index contributed by atoms with van der Waals surface area (Å²) >= 11 is 0. The summed E-state index contributed by atoms with van der Waals surface area (Å²) in [6.45, 7) is 13.5. The van der Waals surface area contributed by atoms with Crippen molar-refractivity contribution >= 4 is 5.69 Å². The van der Waals surface area contributed by atoms with E-state index in [2.05, 4.69) is 13.8 Å². The molecule has 3 heteroatoms. The summed E-state index contributed by atoms with van der Waals surface area (Å²) in [5, 5.41) is 0. The second kappa shape index (κ2) is 6.29. The molecule has 19 heavy (non-hydrogen) atoms. The van der Waals surface area contributed by atoms with Crippen molar-refractivity contribution in [2.75, 3.05) is 18.9 Å². The number of rotatable bonds is 5. The number of hydrogen-bond acceptors (Lipinski definition) is 3. The number of hydrogen-bond donors (Lipinski definition) is 1. The first-order chi connectivity index (χ1) is 8.70. The van der Waals surface area contributed by atoms with Crippen molar-refractivity contribution < 1.29 is 9.47 Å². The summed E-state index contributed by atoms with van der Waals surface area (Å²) < 4.78 is 11.5. The zero-order valence-corrected chi connectivity index (χ0v) is 13.0. The lowest BCUT2D eigenvalue weighted by atomic mass is 9.99. The minimum atomic E-state index is -0.124. The fourth-order valence-electron chi connectivity index (χ4n) is 1.79. The highest BCUT2D eigenvalue weighted by molar-refractivity contribution is 5.55. The van der Waals surface area contributed by atoms with Crippen LogP contribution >= 0.6 is 0 Å². The standard InChI is InChI=1S/C16H27NO2/c1-11(2)13-10-14(17)12(3)9-15(13)18-7-8-19-16(4,5)6/h9-11H,7-8,17H2,1-6H3. The summed E-state index contributed by atoms with van der Waals surface area (Å²) in [7, 11) is 0. The topological polar surface area (TPSA) is 44.5 Å². The van der Waals surface area contributed by atoms with Crippen LogP contribution < -0.4 is 10.5 Å². The molecule has 1 rings (SSSR count). The van der Waals surface area contributed by atoms with Crippen LogP contribution in [0.1, 0.15) is 51.7 Å². The first kappa shape index (κ1) is 15.8. The minimum Gasteiger partial charge on any atom is -0.491 e. The molecule has 0 fully saturated rings. The Labute approximate surface area is 117 Å². The molecule has 1 aromatic rings. The van der Waals surface area contributed by atoms with Gasteiger partial charge in [-0.15, -0.1) is 0 Å². The fraction of sp³-hybridized carbons (Fsp3) is 0.625. The van der Waals surface area contributed by atoms with Gasteiger partial charge in [-0.3, -0.25) is 0 Å².